The van der Waals surface area contributed by atoms with Crippen LogP contribution in [-0.2, 0) is 9.53 Å². The molecule has 3 rings (SSSR count). The van der Waals surface area contributed by atoms with Crippen molar-refractivity contribution in [2.75, 3.05) is 40.4 Å². The fourth-order valence-electron chi connectivity index (χ4n) is 3.31. The Hall–Kier alpha value is -1.62. The van der Waals surface area contributed by atoms with Gasteiger partial charge in [-0.3, -0.25) is 9.69 Å². The largest absolute Gasteiger partial charge is 0.442 e. The predicted molar refractivity (Wildman–Crippen MR) is 108 cm³/mol. The lowest BCUT2D eigenvalue weighted by molar-refractivity contribution is -0.119. The number of cyclic esters (lactones) is 1. The number of nitrogens with one attached hydrogen (secondary N) is 1. The van der Waals surface area contributed by atoms with Gasteiger partial charge in [-0.05, 0) is 31.0 Å². The Morgan fingerprint density at radius 3 is 2.74 bits per heavy atom. The van der Waals surface area contributed by atoms with E-state index in [-0.39, 0.29) is 19.0 Å². The van der Waals surface area contributed by atoms with Gasteiger partial charge in [-0.25, -0.2) is 9.18 Å². The number of carbonyl (C=O) groups is 2. The van der Waals surface area contributed by atoms with Gasteiger partial charge in [0.25, 0.3) is 0 Å². The number of rotatable bonds is 5. The first-order valence-corrected chi connectivity index (χ1v) is 10.4. The van der Waals surface area contributed by atoms with Crippen molar-refractivity contribution in [2.24, 2.45) is 0 Å². The zero-order valence-electron chi connectivity index (χ0n) is 15.1. The van der Waals surface area contributed by atoms with Crippen molar-refractivity contribution in [2.45, 2.75) is 31.5 Å². The molecule has 0 bridgehead atoms. The predicted octanol–water partition coefficient (Wildman–Crippen LogP) is 2.05. The summed E-state index contributed by atoms with van der Waals surface area (Å²) in [6.45, 7) is 3.04. The van der Waals surface area contributed by atoms with Gasteiger partial charge in [-0.15, -0.1) is 0 Å². The summed E-state index contributed by atoms with van der Waals surface area (Å²) in [5.41, 5.74) is 0.222. The first kappa shape index (κ1) is 20.1. The van der Waals surface area contributed by atoms with Gasteiger partial charge in [-0.2, -0.15) is 0 Å². The second kappa shape index (κ2) is 8.17. The summed E-state index contributed by atoms with van der Waals surface area (Å²) in [5, 5.41) is 12.9. The Labute approximate surface area is 171 Å². The second-order valence-corrected chi connectivity index (χ2v) is 7.80. The van der Waals surface area contributed by atoms with Crippen molar-refractivity contribution in [3.63, 3.8) is 0 Å². The monoisotopic (exact) mass is 491 g/mol. The fraction of sp³-hybridized carbons (Fsp3) is 0.556. The number of aliphatic hydroxyl groups is 1. The van der Waals surface area contributed by atoms with Crippen LogP contribution in [0.4, 0.5) is 20.6 Å². The summed E-state index contributed by atoms with van der Waals surface area (Å²) in [5.74, 6) is -0.610. The molecule has 148 valence electrons. The molecule has 0 aliphatic carbocycles. The number of amides is 2. The second-order valence-electron chi connectivity index (χ2n) is 7.03. The zero-order valence-corrected chi connectivity index (χ0v) is 17.2. The van der Waals surface area contributed by atoms with Crippen molar-refractivity contribution >= 4 is 46.0 Å². The average Bonchev–Trinajstić information content (AvgIpc) is 3.02. The van der Waals surface area contributed by atoms with Crippen LogP contribution in [0.3, 0.4) is 0 Å². The van der Waals surface area contributed by atoms with Crippen molar-refractivity contribution in [3.05, 3.63) is 24.0 Å². The summed E-state index contributed by atoms with van der Waals surface area (Å²) in [7, 11) is 0. The van der Waals surface area contributed by atoms with Crippen LogP contribution in [0.5, 0.6) is 0 Å². The van der Waals surface area contributed by atoms with Gasteiger partial charge < -0.3 is 20.1 Å². The normalized spacial score (nSPS) is 21.9. The number of hydrogen-bond acceptors (Lipinski definition) is 5. The third-order valence-corrected chi connectivity index (χ3v) is 6.40. The molecule has 0 spiro atoms. The van der Waals surface area contributed by atoms with Crippen LogP contribution < -0.4 is 15.1 Å². The van der Waals surface area contributed by atoms with E-state index in [4.69, 9.17) is 4.74 Å². The quantitative estimate of drug-likeness (QED) is 0.487. The lowest BCUT2D eigenvalue weighted by atomic mass is 9.93. The van der Waals surface area contributed by atoms with Gasteiger partial charge >= 0.3 is 6.09 Å². The molecule has 9 heteroatoms. The molecule has 2 aliphatic heterocycles. The molecule has 2 aliphatic rings. The van der Waals surface area contributed by atoms with Crippen molar-refractivity contribution in [1.29, 1.82) is 0 Å². The van der Waals surface area contributed by atoms with E-state index in [9.17, 15) is 19.1 Å². The number of carbonyl (C=O) groups excluding carboxylic acids is 2. The van der Waals surface area contributed by atoms with Crippen LogP contribution in [0.1, 0.15) is 19.8 Å². The Kier molecular flexibility index (Phi) is 6.09. The Balaban J connectivity index is 1.67. The number of piperidine rings is 1. The topological polar surface area (TPSA) is 82.1 Å². The van der Waals surface area contributed by atoms with Crippen LogP contribution >= 0.6 is 22.6 Å². The smallest absolute Gasteiger partial charge is 0.414 e. The maximum atomic E-state index is 14.7. The number of ether oxygens (including phenoxy) is 1. The van der Waals surface area contributed by atoms with E-state index in [0.717, 1.165) is 0 Å². The average molecular weight is 491 g/mol. The standard InChI is InChI=1S/C18H23FIN3O4/c1-12(24)21-9-14-10-23(17(25)27-14)13-2-3-16(15(19)8-13)22-6-4-18(26,11-20)5-7-22/h2-3,8,14,26H,4-7,9-11H2,1H3,(H,21,24)/t14-/m0/s1. The van der Waals surface area contributed by atoms with E-state index in [1.807, 2.05) is 4.90 Å². The van der Waals surface area contributed by atoms with E-state index < -0.39 is 23.6 Å². The van der Waals surface area contributed by atoms with Gasteiger partial charge in [0, 0.05) is 24.4 Å². The number of alkyl halides is 1. The summed E-state index contributed by atoms with van der Waals surface area (Å²) in [6.07, 6.45) is 0.181. The Morgan fingerprint density at radius 1 is 1.44 bits per heavy atom. The van der Waals surface area contributed by atoms with Gasteiger partial charge in [0.05, 0.1) is 30.1 Å². The fourth-order valence-corrected chi connectivity index (χ4v) is 4.08. The van der Waals surface area contributed by atoms with Crippen molar-refractivity contribution < 1.29 is 23.8 Å². The number of halogens is 2. The molecule has 2 heterocycles. The molecule has 2 saturated heterocycles. The van der Waals surface area contributed by atoms with E-state index in [2.05, 4.69) is 27.9 Å². The molecule has 0 saturated carbocycles. The third-order valence-electron chi connectivity index (χ3n) is 4.98. The number of hydrogen-bond donors (Lipinski definition) is 2. The summed E-state index contributed by atoms with van der Waals surface area (Å²) in [6, 6.07) is 4.68. The molecule has 0 radical (unpaired) electrons. The summed E-state index contributed by atoms with van der Waals surface area (Å²) >= 11 is 2.18. The highest BCUT2D eigenvalue weighted by atomic mass is 127. The van der Waals surface area contributed by atoms with E-state index in [1.165, 1.54) is 17.9 Å². The summed E-state index contributed by atoms with van der Waals surface area (Å²) in [4.78, 5) is 26.3. The molecule has 27 heavy (non-hydrogen) atoms. The van der Waals surface area contributed by atoms with Crippen LogP contribution in [0.25, 0.3) is 0 Å². The number of nitrogens with zero attached hydrogens (tertiary/aromatic N) is 2. The minimum absolute atomic E-state index is 0.198. The van der Waals surface area contributed by atoms with Gasteiger partial charge in [0.15, 0.2) is 0 Å². The minimum Gasteiger partial charge on any atom is -0.442 e. The maximum Gasteiger partial charge on any atom is 0.414 e. The van der Waals surface area contributed by atoms with Crippen molar-refractivity contribution in [1.82, 2.24) is 5.32 Å². The highest BCUT2D eigenvalue weighted by Gasteiger charge is 2.34. The number of anilines is 2. The molecule has 2 amide bonds. The molecule has 2 N–H and O–H groups in total. The maximum absolute atomic E-state index is 14.7. The van der Waals surface area contributed by atoms with Gasteiger partial charge in [0.2, 0.25) is 5.91 Å². The van der Waals surface area contributed by atoms with Gasteiger partial charge in [-0.1, -0.05) is 22.6 Å². The Morgan fingerprint density at radius 2 is 2.15 bits per heavy atom. The van der Waals surface area contributed by atoms with Gasteiger partial charge in [0.1, 0.15) is 11.9 Å². The van der Waals surface area contributed by atoms with E-state index in [1.54, 1.807) is 12.1 Å². The van der Waals surface area contributed by atoms with Crippen molar-refractivity contribution in [3.8, 4) is 0 Å². The van der Waals surface area contributed by atoms with Crippen LogP contribution in [0.15, 0.2) is 18.2 Å². The molecule has 2 fully saturated rings. The van der Waals surface area contributed by atoms with E-state index >= 15 is 0 Å². The van der Waals surface area contributed by atoms with Crippen LogP contribution in [0.2, 0.25) is 0 Å². The van der Waals surface area contributed by atoms with Crippen LogP contribution in [-0.4, -0.2) is 59.4 Å². The highest BCUT2D eigenvalue weighted by molar-refractivity contribution is 14.1. The molecule has 0 unspecified atom stereocenters. The SMILES string of the molecule is CC(=O)NC[C@H]1CN(c2ccc(N3CCC(O)(CI)CC3)c(F)c2)C(=O)O1. The number of benzene rings is 1. The first-order valence-electron chi connectivity index (χ1n) is 8.87. The lowest BCUT2D eigenvalue weighted by Gasteiger charge is -2.38. The van der Waals surface area contributed by atoms with Crippen LogP contribution in [0, 0.1) is 5.82 Å². The van der Waals surface area contributed by atoms with E-state index in [0.29, 0.717) is 41.7 Å². The molecule has 1 aromatic rings. The molecule has 1 aromatic carbocycles. The molecular formula is C18H23FIN3O4. The molecule has 0 aromatic heterocycles. The first-order chi connectivity index (χ1) is 12.8. The lowest BCUT2D eigenvalue weighted by Crippen LogP contribution is -2.45. The zero-order chi connectivity index (χ0) is 19.6. The third kappa shape index (κ3) is 4.63. The summed E-state index contributed by atoms with van der Waals surface area (Å²) < 4.78 is 20.6. The molecule has 1 atom stereocenters. The molecular weight excluding hydrogens is 468 g/mol. The molecule has 7 nitrogen and oxygen atoms in total. The highest BCUT2D eigenvalue weighted by Crippen LogP contribution is 2.32. The Bertz CT molecular complexity index is 725. The minimum atomic E-state index is -0.671.